The van der Waals surface area contributed by atoms with Crippen LogP contribution in [0.25, 0.3) is 6.08 Å². The lowest BCUT2D eigenvalue weighted by Crippen LogP contribution is -2.43. The number of nitrogens with zero attached hydrogens (tertiary/aromatic N) is 1. The van der Waals surface area contributed by atoms with E-state index in [0.29, 0.717) is 4.91 Å². The third kappa shape index (κ3) is 4.27. The van der Waals surface area contributed by atoms with E-state index in [2.05, 4.69) is 5.32 Å². The van der Waals surface area contributed by atoms with Gasteiger partial charge in [-0.25, -0.2) is 0 Å². The number of nitrogens with one attached hydrogen (secondary N) is 1. The van der Waals surface area contributed by atoms with Crippen LogP contribution in [0.4, 0.5) is 4.79 Å². The lowest BCUT2D eigenvalue weighted by Gasteiger charge is -2.18. The van der Waals surface area contributed by atoms with Crippen molar-refractivity contribution in [1.29, 1.82) is 0 Å². The molecular weight excluding hydrogens is 344 g/mol. The van der Waals surface area contributed by atoms with Gasteiger partial charge in [-0.15, -0.1) is 11.3 Å². The van der Waals surface area contributed by atoms with E-state index in [1.807, 2.05) is 17.5 Å². The fraction of sp³-hybridized carbons (Fsp3) is 0.471. The first kappa shape index (κ1) is 17.2. The molecule has 1 saturated heterocycles. The number of amides is 3. The molecule has 7 heteroatoms. The van der Waals surface area contributed by atoms with Crippen molar-refractivity contribution < 1.29 is 14.4 Å². The Hall–Kier alpha value is -1.60. The van der Waals surface area contributed by atoms with Gasteiger partial charge in [0.2, 0.25) is 5.91 Å². The molecule has 1 aromatic rings. The molecule has 3 amide bonds. The van der Waals surface area contributed by atoms with Crippen molar-refractivity contribution in [2.45, 2.75) is 44.6 Å². The van der Waals surface area contributed by atoms with Crippen LogP contribution in [-0.2, 0) is 9.59 Å². The molecule has 0 aromatic carbocycles. The second kappa shape index (κ2) is 7.98. The van der Waals surface area contributed by atoms with E-state index in [4.69, 9.17) is 0 Å². The Balaban J connectivity index is 1.59. The number of carbonyl (C=O) groups is 3. The van der Waals surface area contributed by atoms with Gasteiger partial charge in [-0.2, -0.15) is 0 Å². The zero-order valence-corrected chi connectivity index (χ0v) is 15.0. The van der Waals surface area contributed by atoms with E-state index in [0.717, 1.165) is 47.2 Å². The Morgan fingerprint density at radius 3 is 2.67 bits per heavy atom. The Labute approximate surface area is 149 Å². The van der Waals surface area contributed by atoms with E-state index in [1.54, 1.807) is 6.08 Å². The molecule has 0 unspecified atom stereocenters. The molecule has 1 aromatic heterocycles. The standard InChI is InChI=1S/C17H20N2O3S2/c20-15(18-12-6-3-1-2-4-7-12)11-19-16(21)14(24-17(19)22)10-13-8-5-9-23-13/h5,8-10,12H,1-4,6-7,11H2,(H,18,20)/b14-10-. The lowest BCUT2D eigenvalue weighted by atomic mass is 10.1. The summed E-state index contributed by atoms with van der Waals surface area (Å²) in [5, 5.41) is 4.51. The van der Waals surface area contributed by atoms with Crippen LogP contribution in [0.5, 0.6) is 0 Å². The van der Waals surface area contributed by atoms with Crippen LogP contribution in [-0.4, -0.2) is 34.5 Å². The molecule has 0 bridgehead atoms. The van der Waals surface area contributed by atoms with Crippen LogP contribution in [0.2, 0.25) is 0 Å². The predicted molar refractivity (Wildman–Crippen MR) is 96.6 cm³/mol. The zero-order chi connectivity index (χ0) is 16.9. The minimum Gasteiger partial charge on any atom is -0.352 e. The summed E-state index contributed by atoms with van der Waals surface area (Å²) >= 11 is 2.40. The summed E-state index contributed by atoms with van der Waals surface area (Å²) in [4.78, 5) is 39.0. The summed E-state index contributed by atoms with van der Waals surface area (Å²) in [7, 11) is 0. The van der Waals surface area contributed by atoms with Crippen LogP contribution in [0.3, 0.4) is 0 Å². The average molecular weight is 364 g/mol. The molecule has 0 atom stereocenters. The van der Waals surface area contributed by atoms with Gasteiger partial charge < -0.3 is 5.32 Å². The number of thiophene rings is 1. The number of hydrogen-bond donors (Lipinski definition) is 1. The molecule has 2 heterocycles. The van der Waals surface area contributed by atoms with Crippen molar-refractivity contribution in [2.75, 3.05) is 6.54 Å². The van der Waals surface area contributed by atoms with Crippen molar-refractivity contribution in [1.82, 2.24) is 10.2 Å². The molecule has 1 aliphatic carbocycles. The number of imide groups is 1. The maximum atomic E-state index is 12.4. The van der Waals surface area contributed by atoms with E-state index in [9.17, 15) is 14.4 Å². The van der Waals surface area contributed by atoms with Crippen molar-refractivity contribution in [3.05, 3.63) is 27.3 Å². The van der Waals surface area contributed by atoms with Gasteiger partial charge in [0, 0.05) is 10.9 Å². The number of carbonyl (C=O) groups excluding carboxylic acids is 3. The van der Waals surface area contributed by atoms with Crippen LogP contribution < -0.4 is 5.32 Å². The highest BCUT2D eigenvalue weighted by atomic mass is 32.2. The number of hydrogen-bond acceptors (Lipinski definition) is 5. The molecular formula is C17H20N2O3S2. The smallest absolute Gasteiger partial charge is 0.294 e. The van der Waals surface area contributed by atoms with Gasteiger partial charge in [0.15, 0.2) is 0 Å². The predicted octanol–water partition coefficient (Wildman–Crippen LogP) is 3.62. The summed E-state index contributed by atoms with van der Waals surface area (Å²) in [6, 6.07) is 3.94. The molecule has 2 fully saturated rings. The van der Waals surface area contributed by atoms with Gasteiger partial charge in [-0.3, -0.25) is 19.3 Å². The SMILES string of the molecule is O=C(CN1C(=O)S/C(=C\c2cccs2)C1=O)NC1CCCCCC1. The Bertz CT molecular complexity index is 647. The Morgan fingerprint density at radius 2 is 2.00 bits per heavy atom. The maximum absolute atomic E-state index is 12.4. The average Bonchev–Trinajstić information content (AvgIpc) is 3.05. The summed E-state index contributed by atoms with van der Waals surface area (Å²) in [6.45, 7) is -0.192. The highest BCUT2D eigenvalue weighted by Gasteiger charge is 2.36. The first-order valence-electron chi connectivity index (χ1n) is 8.22. The second-order valence-corrected chi connectivity index (χ2v) is 8.01. The van der Waals surface area contributed by atoms with Gasteiger partial charge in [-0.05, 0) is 42.1 Å². The van der Waals surface area contributed by atoms with Gasteiger partial charge >= 0.3 is 0 Å². The van der Waals surface area contributed by atoms with Crippen LogP contribution in [0, 0.1) is 0 Å². The fourth-order valence-corrected chi connectivity index (χ4v) is 4.54. The van der Waals surface area contributed by atoms with Crippen molar-refractivity contribution in [3.8, 4) is 0 Å². The van der Waals surface area contributed by atoms with E-state index < -0.39 is 0 Å². The normalized spacial score (nSPS) is 21.3. The van der Waals surface area contributed by atoms with Crippen molar-refractivity contribution >= 4 is 46.2 Å². The summed E-state index contributed by atoms with van der Waals surface area (Å²) in [6.07, 6.45) is 8.33. The first-order valence-corrected chi connectivity index (χ1v) is 9.91. The van der Waals surface area contributed by atoms with Gasteiger partial charge in [0.1, 0.15) is 6.54 Å². The molecule has 0 radical (unpaired) electrons. The topological polar surface area (TPSA) is 66.5 Å². The fourth-order valence-electron chi connectivity index (χ4n) is 2.98. The molecule has 2 aliphatic rings. The summed E-state index contributed by atoms with van der Waals surface area (Å²) < 4.78 is 0. The van der Waals surface area contributed by atoms with E-state index >= 15 is 0 Å². The van der Waals surface area contributed by atoms with E-state index in [1.165, 1.54) is 24.2 Å². The molecule has 0 spiro atoms. The Morgan fingerprint density at radius 1 is 1.25 bits per heavy atom. The number of rotatable bonds is 4. The van der Waals surface area contributed by atoms with E-state index in [-0.39, 0.29) is 29.6 Å². The Kier molecular flexibility index (Phi) is 5.73. The zero-order valence-electron chi connectivity index (χ0n) is 13.3. The second-order valence-electron chi connectivity index (χ2n) is 6.04. The molecule has 1 N–H and O–H groups in total. The van der Waals surface area contributed by atoms with Crippen LogP contribution >= 0.6 is 23.1 Å². The highest BCUT2D eigenvalue weighted by molar-refractivity contribution is 8.18. The molecule has 1 saturated carbocycles. The molecule has 1 aliphatic heterocycles. The minimum absolute atomic E-state index is 0.168. The highest BCUT2D eigenvalue weighted by Crippen LogP contribution is 2.32. The molecule has 5 nitrogen and oxygen atoms in total. The van der Waals surface area contributed by atoms with Crippen molar-refractivity contribution in [2.24, 2.45) is 0 Å². The van der Waals surface area contributed by atoms with Gasteiger partial charge in [-0.1, -0.05) is 31.7 Å². The monoisotopic (exact) mass is 364 g/mol. The van der Waals surface area contributed by atoms with Crippen LogP contribution in [0.1, 0.15) is 43.4 Å². The lowest BCUT2D eigenvalue weighted by molar-refractivity contribution is -0.129. The summed E-state index contributed by atoms with van der Waals surface area (Å²) in [5.41, 5.74) is 0. The molecule has 128 valence electrons. The minimum atomic E-state index is -0.380. The van der Waals surface area contributed by atoms with Crippen molar-refractivity contribution in [3.63, 3.8) is 0 Å². The third-order valence-electron chi connectivity index (χ3n) is 4.21. The number of thioether (sulfide) groups is 1. The first-order chi connectivity index (χ1) is 11.6. The largest absolute Gasteiger partial charge is 0.352 e. The molecule has 24 heavy (non-hydrogen) atoms. The van der Waals surface area contributed by atoms with Crippen LogP contribution in [0.15, 0.2) is 22.4 Å². The quantitative estimate of drug-likeness (QED) is 0.654. The maximum Gasteiger partial charge on any atom is 0.294 e. The molecule has 3 rings (SSSR count). The van der Waals surface area contributed by atoms with Gasteiger partial charge in [0.05, 0.1) is 4.91 Å². The summed E-state index contributed by atoms with van der Waals surface area (Å²) in [5.74, 6) is -0.629. The van der Waals surface area contributed by atoms with Gasteiger partial charge in [0.25, 0.3) is 11.1 Å². The third-order valence-corrected chi connectivity index (χ3v) is 5.94.